The van der Waals surface area contributed by atoms with E-state index in [1.165, 1.54) is 12.1 Å². The van der Waals surface area contributed by atoms with Crippen LogP contribution in [0, 0.1) is 13.8 Å². The summed E-state index contributed by atoms with van der Waals surface area (Å²) in [6, 6.07) is 4.90. The summed E-state index contributed by atoms with van der Waals surface area (Å²) >= 11 is 0. The van der Waals surface area contributed by atoms with Crippen LogP contribution in [0.15, 0.2) is 24.3 Å². The molecule has 0 amide bonds. The Morgan fingerprint density at radius 1 is 1.15 bits per heavy atom. The monoisotopic (exact) mass is 188 g/mol. The van der Waals surface area contributed by atoms with E-state index in [1.54, 1.807) is 6.92 Å². The molecule has 0 saturated heterocycles. The third-order valence-corrected chi connectivity index (χ3v) is 1.25. The first-order chi connectivity index (χ1) is 6.00. The Hall–Kier alpha value is -0.990. The second-order valence-electron chi connectivity index (χ2n) is 2.20. The van der Waals surface area contributed by atoms with Gasteiger partial charge < -0.3 is 0 Å². The number of rotatable bonds is 0. The molecule has 1 rings (SSSR count). The Morgan fingerprint density at radius 3 is 2.00 bits per heavy atom. The molecule has 0 heterocycles. The SMILES string of the molecule is [CH2]C.[CH2]c1cccc(C(F)(F)F)c1. The predicted octanol–water partition coefficient (Wildman–Crippen LogP) is 3.73. The average molecular weight is 188 g/mol. The molecule has 0 fully saturated rings. The van der Waals surface area contributed by atoms with Gasteiger partial charge in [-0.3, -0.25) is 0 Å². The van der Waals surface area contributed by atoms with E-state index in [4.69, 9.17) is 0 Å². The zero-order valence-electron chi connectivity index (χ0n) is 7.36. The molecule has 0 N–H and O–H groups in total. The molecule has 0 nitrogen and oxygen atoms in total. The fourth-order valence-corrected chi connectivity index (χ4v) is 0.748. The van der Waals surface area contributed by atoms with Crippen molar-refractivity contribution in [2.24, 2.45) is 0 Å². The summed E-state index contributed by atoms with van der Waals surface area (Å²) in [5.41, 5.74) is -0.273. The molecule has 0 aliphatic rings. The normalized spacial score (nSPS) is 10.3. The van der Waals surface area contributed by atoms with Crippen LogP contribution in [0.1, 0.15) is 18.1 Å². The molecule has 0 aliphatic carbocycles. The summed E-state index contributed by atoms with van der Waals surface area (Å²) < 4.78 is 35.8. The van der Waals surface area contributed by atoms with Crippen molar-refractivity contribution in [2.45, 2.75) is 13.1 Å². The number of hydrogen-bond donors (Lipinski definition) is 0. The van der Waals surface area contributed by atoms with Crippen molar-refractivity contribution in [3.8, 4) is 0 Å². The van der Waals surface area contributed by atoms with E-state index in [2.05, 4.69) is 13.8 Å². The molecule has 0 aliphatic heterocycles. The lowest BCUT2D eigenvalue weighted by Crippen LogP contribution is -2.04. The highest BCUT2D eigenvalue weighted by atomic mass is 19.4. The van der Waals surface area contributed by atoms with Crippen LogP contribution in [-0.4, -0.2) is 0 Å². The summed E-state index contributed by atoms with van der Waals surface area (Å²) in [5, 5.41) is 0. The molecule has 1 aromatic carbocycles. The quantitative estimate of drug-likeness (QED) is 0.582. The van der Waals surface area contributed by atoms with Gasteiger partial charge in [0.05, 0.1) is 5.56 Å². The molecule has 0 aromatic heterocycles. The lowest BCUT2D eigenvalue weighted by atomic mass is 10.1. The topological polar surface area (TPSA) is 0 Å². The summed E-state index contributed by atoms with van der Waals surface area (Å²) in [4.78, 5) is 0. The highest BCUT2D eigenvalue weighted by Crippen LogP contribution is 2.29. The summed E-state index contributed by atoms with van der Waals surface area (Å²) in [5.74, 6) is 0. The molecule has 0 unspecified atom stereocenters. The Bertz CT molecular complexity index is 251. The number of halogens is 3. The Morgan fingerprint density at radius 2 is 1.69 bits per heavy atom. The van der Waals surface area contributed by atoms with Gasteiger partial charge in [-0.25, -0.2) is 0 Å². The molecule has 1 aromatic rings. The van der Waals surface area contributed by atoms with Crippen LogP contribution in [0.4, 0.5) is 13.2 Å². The Labute approximate surface area is 76.4 Å². The maximum Gasteiger partial charge on any atom is 0.416 e. The highest BCUT2D eigenvalue weighted by molar-refractivity contribution is 5.27. The van der Waals surface area contributed by atoms with Crippen LogP contribution in [0.3, 0.4) is 0 Å². The van der Waals surface area contributed by atoms with E-state index in [0.717, 1.165) is 12.1 Å². The van der Waals surface area contributed by atoms with E-state index >= 15 is 0 Å². The van der Waals surface area contributed by atoms with Crippen LogP contribution in [0.2, 0.25) is 0 Å². The maximum absolute atomic E-state index is 11.9. The van der Waals surface area contributed by atoms with Crippen LogP contribution in [-0.2, 0) is 6.18 Å². The van der Waals surface area contributed by atoms with Crippen molar-refractivity contribution in [3.05, 3.63) is 49.2 Å². The summed E-state index contributed by atoms with van der Waals surface area (Å²) in [6.07, 6.45) is -4.26. The maximum atomic E-state index is 11.9. The molecule has 0 spiro atoms. The second kappa shape index (κ2) is 4.90. The first kappa shape index (κ1) is 12.0. The van der Waals surface area contributed by atoms with Crippen LogP contribution in [0.5, 0.6) is 0 Å². The van der Waals surface area contributed by atoms with Crippen LogP contribution in [0.25, 0.3) is 0 Å². The van der Waals surface area contributed by atoms with Crippen LogP contribution < -0.4 is 0 Å². The summed E-state index contributed by atoms with van der Waals surface area (Å²) in [7, 11) is 0. The van der Waals surface area contributed by atoms with E-state index < -0.39 is 11.7 Å². The lowest BCUT2D eigenvalue weighted by Gasteiger charge is -2.05. The third kappa shape index (κ3) is 3.97. The van der Waals surface area contributed by atoms with Gasteiger partial charge in [-0.1, -0.05) is 32.0 Å². The predicted molar refractivity (Wildman–Crippen MR) is 46.9 cm³/mol. The zero-order valence-corrected chi connectivity index (χ0v) is 7.36. The lowest BCUT2D eigenvalue weighted by molar-refractivity contribution is -0.137. The third-order valence-electron chi connectivity index (χ3n) is 1.25. The van der Waals surface area contributed by atoms with E-state index in [1.807, 2.05) is 0 Å². The van der Waals surface area contributed by atoms with Gasteiger partial charge in [0, 0.05) is 0 Å². The molecule has 13 heavy (non-hydrogen) atoms. The first-order valence-electron chi connectivity index (χ1n) is 3.70. The van der Waals surface area contributed by atoms with Crippen molar-refractivity contribution < 1.29 is 13.2 Å². The van der Waals surface area contributed by atoms with Gasteiger partial charge in [0.1, 0.15) is 0 Å². The van der Waals surface area contributed by atoms with Gasteiger partial charge in [0.15, 0.2) is 0 Å². The fourth-order valence-electron chi connectivity index (χ4n) is 0.748. The largest absolute Gasteiger partial charge is 0.416 e. The van der Waals surface area contributed by atoms with Crippen molar-refractivity contribution >= 4 is 0 Å². The number of alkyl halides is 3. The molecule has 0 saturated carbocycles. The van der Waals surface area contributed by atoms with Crippen molar-refractivity contribution in [1.29, 1.82) is 0 Å². The molecule has 72 valence electrons. The minimum Gasteiger partial charge on any atom is -0.166 e. The van der Waals surface area contributed by atoms with E-state index in [9.17, 15) is 13.2 Å². The van der Waals surface area contributed by atoms with Crippen LogP contribution >= 0.6 is 0 Å². The number of benzene rings is 1. The Kier molecular flexibility index (Phi) is 4.52. The zero-order chi connectivity index (χ0) is 10.5. The number of hydrogen-bond acceptors (Lipinski definition) is 0. The van der Waals surface area contributed by atoms with Gasteiger partial charge >= 0.3 is 6.18 Å². The average Bonchev–Trinajstić information content (AvgIpc) is 2.06. The Balaban J connectivity index is 0.000000671. The first-order valence-corrected chi connectivity index (χ1v) is 3.70. The van der Waals surface area contributed by atoms with Gasteiger partial charge in [0.25, 0.3) is 0 Å². The molecule has 3 heteroatoms. The smallest absolute Gasteiger partial charge is 0.166 e. The minimum atomic E-state index is -4.26. The highest BCUT2D eigenvalue weighted by Gasteiger charge is 2.29. The minimum absolute atomic E-state index is 0.375. The second-order valence-corrected chi connectivity index (χ2v) is 2.20. The van der Waals surface area contributed by atoms with Gasteiger partial charge in [-0.15, -0.1) is 0 Å². The molecule has 0 bridgehead atoms. The molecular formula is C10H11F3. The van der Waals surface area contributed by atoms with Gasteiger partial charge in [-0.2, -0.15) is 13.2 Å². The standard InChI is InChI=1S/C8H6F3.C2H5/c1-6-3-2-4-7(5-6)8(9,10)11;1-2/h2-5H,1H2;1H2,2H3. The molecule has 0 atom stereocenters. The molecular weight excluding hydrogens is 177 g/mol. The van der Waals surface area contributed by atoms with E-state index in [-0.39, 0.29) is 0 Å². The van der Waals surface area contributed by atoms with Crippen molar-refractivity contribution in [2.75, 3.05) is 0 Å². The molecule has 2 radical (unpaired) electrons. The van der Waals surface area contributed by atoms with E-state index in [0.29, 0.717) is 5.56 Å². The van der Waals surface area contributed by atoms with Crippen molar-refractivity contribution in [3.63, 3.8) is 0 Å². The van der Waals surface area contributed by atoms with Crippen molar-refractivity contribution in [1.82, 2.24) is 0 Å². The van der Waals surface area contributed by atoms with Gasteiger partial charge in [-0.05, 0) is 18.6 Å². The fraction of sp³-hybridized carbons (Fsp3) is 0.200. The van der Waals surface area contributed by atoms with Gasteiger partial charge in [0.2, 0.25) is 0 Å². The summed E-state index contributed by atoms with van der Waals surface area (Å²) in [6.45, 7) is 8.39.